The largest absolute Gasteiger partial charge is 0.457 e. The van der Waals surface area contributed by atoms with Crippen LogP contribution in [0.25, 0.3) is 10.2 Å². The number of ether oxygens (including phenoxy) is 1. The Morgan fingerprint density at radius 1 is 1.10 bits per heavy atom. The summed E-state index contributed by atoms with van der Waals surface area (Å²) in [5.74, 6) is -0.566. The number of ketones is 1. The van der Waals surface area contributed by atoms with Crippen LogP contribution in [-0.2, 0) is 14.3 Å². The molecular formula is C22H18N4O3S2. The van der Waals surface area contributed by atoms with Gasteiger partial charge in [0.05, 0.1) is 27.3 Å². The monoisotopic (exact) mass is 450 g/mol. The van der Waals surface area contributed by atoms with E-state index in [1.807, 2.05) is 54.6 Å². The molecule has 1 aliphatic heterocycles. The van der Waals surface area contributed by atoms with E-state index >= 15 is 0 Å². The fourth-order valence-electron chi connectivity index (χ4n) is 3.35. The summed E-state index contributed by atoms with van der Waals surface area (Å²) in [6, 6.07) is 17.3. The number of nitriles is 1. The number of para-hydroxylation sites is 3. The van der Waals surface area contributed by atoms with Gasteiger partial charge in [-0.25, -0.2) is 4.98 Å². The van der Waals surface area contributed by atoms with Crippen LogP contribution in [0.4, 0.5) is 11.4 Å². The molecule has 2 aromatic carbocycles. The van der Waals surface area contributed by atoms with Crippen LogP contribution in [0, 0.1) is 11.3 Å². The molecule has 0 unspecified atom stereocenters. The number of hydrogen-bond donors (Lipinski definition) is 0. The zero-order valence-corrected chi connectivity index (χ0v) is 18.5. The molecule has 31 heavy (non-hydrogen) atoms. The highest BCUT2D eigenvalue weighted by Gasteiger charge is 2.31. The quantitative estimate of drug-likeness (QED) is 0.242. The Labute approximate surface area is 187 Å². The zero-order valence-electron chi connectivity index (χ0n) is 16.9. The summed E-state index contributed by atoms with van der Waals surface area (Å²) in [5.41, 5.74) is 2.62. The van der Waals surface area contributed by atoms with Gasteiger partial charge in [0.15, 0.2) is 10.9 Å². The number of fused-ring (bicyclic) bond motifs is 2. The first-order chi connectivity index (χ1) is 15.0. The number of hydrogen-bond acceptors (Lipinski definition) is 9. The molecule has 9 heteroatoms. The number of nitrogens with zero attached hydrogens (tertiary/aromatic N) is 4. The Balaban J connectivity index is 1.39. The fraction of sp³-hybridized carbons (Fsp3) is 0.182. The third-order valence-corrected chi connectivity index (χ3v) is 6.96. The maximum Gasteiger partial charge on any atom is 0.316 e. The van der Waals surface area contributed by atoms with E-state index in [2.05, 4.69) is 4.98 Å². The molecule has 0 spiro atoms. The highest BCUT2D eigenvalue weighted by atomic mass is 32.2. The first kappa shape index (κ1) is 20.9. The summed E-state index contributed by atoms with van der Waals surface area (Å²) in [6.07, 6.45) is 0. The van der Waals surface area contributed by atoms with Gasteiger partial charge in [-0.15, -0.1) is 11.3 Å². The number of carbonyl (C=O) groups excluding carboxylic acids is 2. The van der Waals surface area contributed by atoms with Gasteiger partial charge in [-0.3, -0.25) is 9.59 Å². The summed E-state index contributed by atoms with van der Waals surface area (Å²) in [6.45, 7) is -0.482. The Kier molecular flexibility index (Phi) is 5.93. The molecule has 0 N–H and O–H groups in total. The van der Waals surface area contributed by atoms with Gasteiger partial charge >= 0.3 is 5.97 Å². The van der Waals surface area contributed by atoms with Crippen LogP contribution in [-0.4, -0.2) is 43.2 Å². The third-order valence-electron chi connectivity index (χ3n) is 4.81. The molecule has 3 aromatic rings. The van der Waals surface area contributed by atoms with Gasteiger partial charge in [-0.05, 0) is 24.3 Å². The molecule has 7 nitrogen and oxygen atoms in total. The van der Waals surface area contributed by atoms with Crippen LogP contribution >= 0.6 is 23.1 Å². The Morgan fingerprint density at radius 2 is 1.74 bits per heavy atom. The molecule has 1 aliphatic rings. The number of Topliss-reactive ketones (excluding diaryl/α,β-unsaturated/α-hetero) is 1. The molecule has 0 amide bonds. The highest BCUT2D eigenvalue weighted by Crippen LogP contribution is 2.40. The number of thioether (sulfide) groups is 1. The number of anilines is 2. The molecule has 4 rings (SSSR count). The number of thiazole rings is 1. The molecule has 0 saturated heterocycles. The topological polar surface area (TPSA) is 86.5 Å². The molecule has 0 fully saturated rings. The molecular weight excluding hydrogens is 432 g/mol. The maximum atomic E-state index is 12.7. The van der Waals surface area contributed by atoms with Gasteiger partial charge in [0.1, 0.15) is 17.5 Å². The van der Waals surface area contributed by atoms with Crippen LogP contribution in [0.5, 0.6) is 0 Å². The van der Waals surface area contributed by atoms with Crippen molar-refractivity contribution in [3.63, 3.8) is 0 Å². The van der Waals surface area contributed by atoms with Crippen LogP contribution < -0.4 is 9.80 Å². The summed E-state index contributed by atoms with van der Waals surface area (Å²) < 4.78 is 6.94. The summed E-state index contributed by atoms with van der Waals surface area (Å²) in [7, 11) is 3.59. The van der Waals surface area contributed by atoms with Crippen LogP contribution in [0.2, 0.25) is 0 Å². The van der Waals surface area contributed by atoms with E-state index in [-0.39, 0.29) is 11.3 Å². The number of rotatable bonds is 6. The van der Waals surface area contributed by atoms with Crippen LogP contribution in [0.15, 0.2) is 64.3 Å². The predicted molar refractivity (Wildman–Crippen MR) is 122 cm³/mol. The second kappa shape index (κ2) is 8.79. The first-order valence-electron chi connectivity index (χ1n) is 9.37. The highest BCUT2D eigenvalue weighted by molar-refractivity contribution is 8.01. The van der Waals surface area contributed by atoms with Crippen molar-refractivity contribution in [2.24, 2.45) is 0 Å². The van der Waals surface area contributed by atoms with Crippen molar-refractivity contribution in [1.29, 1.82) is 5.26 Å². The lowest BCUT2D eigenvalue weighted by Gasteiger charge is -2.19. The SMILES string of the molecule is CN1C(=C(C#N)C(=O)COC(=O)CSc2nc3ccccc3s2)N(C)c2ccccc21. The number of carbonyl (C=O) groups is 2. The number of aromatic nitrogens is 1. The van der Waals surface area contributed by atoms with Crippen LogP contribution in [0.1, 0.15) is 0 Å². The lowest BCUT2D eigenvalue weighted by atomic mass is 10.2. The molecule has 0 atom stereocenters. The van der Waals surface area contributed by atoms with E-state index < -0.39 is 18.4 Å². The molecule has 156 valence electrons. The van der Waals surface area contributed by atoms with Crippen molar-refractivity contribution in [3.8, 4) is 6.07 Å². The van der Waals surface area contributed by atoms with E-state index in [0.717, 1.165) is 25.9 Å². The molecule has 0 bridgehead atoms. The Morgan fingerprint density at radius 3 is 2.39 bits per heavy atom. The van der Waals surface area contributed by atoms with Crippen molar-refractivity contribution >= 4 is 56.4 Å². The lowest BCUT2D eigenvalue weighted by molar-refractivity contribution is -0.144. The van der Waals surface area contributed by atoms with Gasteiger partial charge in [-0.2, -0.15) is 5.26 Å². The Bertz CT molecular complexity index is 1180. The normalized spacial score (nSPS) is 12.6. The second-order valence-corrected chi connectivity index (χ2v) is 8.99. The fourth-order valence-corrected chi connectivity index (χ4v) is 5.22. The second-order valence-electron chi connectivity index (χ2n) is 6.74. The Hall–Kier alpha value is -3.35. The molecule has 0 aliphatic carbocycles. The van der Waals surface area contributed by atoms with Gasteiger partial charge < -0.3 is 14.5 Å². The van der Waals surface area contributed by atoms with Crippen molar-refractivity contribution in [2.75, 3.05) is 36.3 Å². The van der Waals surface area contributed by atoms with Crippen molar-refractivity contribution < 1.29 is 14.3 Å². The van der Waals surface area contributed by atoms with E-state index in [1.165, 1.54) is 23.1 Å². The minimum absolute atomic E-state index is 0.0385. The standard InChI is InChI=1S/C22H18N4O3S2/c1-25-16-8-4-5-9-17(16)26(2)21(25)14(11-23)18(27)12-29-20(28)13-30-22-24-15-7-3-6-10-19(15)31-22/h3-10H,12-13H2,1-2H3. The van der Waals surface area contributed by atoms with E-state index in [1.54, 1.807) is 23.9 Å². The first-order valence-corrected chi connectivity index (χ1v) is 11.2. The van der Waals surface area contributed by atoms with Gasteiger partial charge in [0.2, 0.25) is 5.78 Å². The van der Waals surface area contributed by atoms with Gasteiger partial charge in [-0.1, -0.05) is 36.0 Å². The summed E-state index contributed by atoms with van der Waals surface area (Å²) in [5, 5.41) is 9.62. The van der Waals surface area contributed by atoms with Crippen molar-refractivity contribution in [2.45, 2.75) is 4.34 Å². The summed E-state index contributed by atoms with van der Waals surface area (Å²) in [4.78, 5) is 32.8. The average molecular weight is 451 g/mol. The van der Waals surface area contributed by atoms with E-state index in [0.29, 0.717) is 5.82 Å². The number of benzene rings is 2. The minimum atomic E-state index is -0.539. The third kappa shape index (κ3) is 4.13. The molecule has 0 radical (unpaired) electrons. The van der Waals surface area contributed by atoms with Crippen LogP contribution in [0.3, 0.4) is 0 Å². The lowest BCUT2D eigenvalue weighted by Crippen LogP contribution is -2.28. The summed E-state index contributed by atoms with van der Waals surface area (Å²) >= 11 is 2.76. The average Bonchev–Trinajstić information content (AvgIpc) is 3.31. The van der Waals surface area contributed by atoms with Crippen molar-refractivity contribution in [1.82, 2.24) is 4.98 Å². The molecule has 1 aromatic heterocycles. The van der Waals surface area contributed by atoms with E-state index in [9.17, 15) is 14.9 Å². The minimum Gasteiger partial charge on any atom is -0.457 e. The molecule has 0 saturated carbocycles. The number of esters is 1. The van der Waals surface area contributed by atoms with Crippen molar-refractivity contribution in [3.05, 3.63) is 59.9 Å². The predicted octanol–water partition coefficient (Wildman–Crippen LogP) is 3.82. The van der Waals surface area contributed by atoms with Gasteiger partial charge in [0, 0.05) is 14.1 Å². The maximum absolute atomic E-state index is 12.7. The van der Waals surface area contributed by atoms with E-state index in [4.69, 9.17) is 4.74 Å². The smallest absolute Gasteiger partial charge is 0.316 e. The van der Waals surface area contributed by atoms with Gasteiger partial charge in [0.25, 0.3) is 0 Å². The molecule has 2 heterocycles. The zero-order chi connectivity index (χ0) is 22.0.